The van der Waals surface area contributed by atoms with Crippen molar-refractivity contribution in [1.82, 2.24) is 4.90 Å². The lowest BCUT2D eigenvalue weighted by molar-refractivity contribution is 0.405. The molecule has 0 unspecified atom stereocenters. The van der Waals surface area contributed by atoms with Crippen molar-refractivity contribution in [3.8, 4) is 11.5 Å². The number of benzene rings is 3. The van der Waals surface area contributed by atoms with Gasteiger partial charge in [0.05, 0.1) is 19.9 Å². The average molecular weight is 591 g/mol. The highest BCUT2D eigenvalue weighted by molar-refractivity contribution is 14.0. The van der Waals surface area contributed by atoms with E-state index in [1.807, 2.05) is 24.3 Å². The van der Waals surface area contributed by atoms with Crippen molar-refractivity contribution < 1.29 is 9.47 Å². The van der Waals surface area contributed by atoms with Crippen molar-refractivity contribution in [2.45, 2.75) is 39.8 Å². The van der Waals surface area contributed by atoms with Crippen LogP contribution in [0.5, 0.6) is 11.5 Å². The Kier molecular flexibility index (Phi) is 11.2. The summed E-state index contributed by atoms with van der Waals surface area (Å²) in [6.45, 7) is 8.08. The van der Waals surface area contributed by atoms with Gasteiger partial charge < -0.3 is 14.4 Å². The maximum absolute atomic E-state index is 5.33. The van der Waals surface area contributed by atoms with Gasteiger partial charge in [0.2, 0.25) is 0 Å². The fraction of sp³-hybridized carbons (Fsp3) is 0.321. The van der Waals surface area contributed by atoms with Crippen LogP contribution in [0.1, 0.15) is 42.0 Å². The van der Waals surface area contributed by atoms with Gasteiger partial charge in [-0.3, -0.25) is 0 Å². The quantitative estimate of drug-likeness (QED) is 0.152. The van der Waals surface area contributed by atoms with Gasteiger partial charge >= 0.3 is 0 Å². The van der Waals surface area contributed by atoms with Crippen molar-refractivity contribution in [2.24, 2.45) is 4.99 Å². The molecule has 0 radical (unpaired) electrons. The number of amidine groups is 1. The van der Waals surface area contributed by atoms with Crippen LogP contribution in [0.3, 0.4) is 0 Å². The van der Waals surface area contributed by atoms with Crippen LogP contribution in [-0.2, 0) is 13.1 Å². The molecule has 0 aliphatic rings. The molecule has 0 bridgehead atoms. The summed E-state index contributed by atoms with van der Waals surface area (Å²) in [7, 11) is 3.38. The summed E-state index contributed by atoms with van der Waals surface area (Å²) in [6.07, 6.45) is 2.10. The van der Waals surface area contributed by atoms with Crippen molar-refractivity contribution in [1.29, 1.82) is 0 Å². The number of rotatable bonds is 8. The standard InChI is InChI=1S/C28H34N2O2S.HI/c1-20(2)26-9-7-8-21(3)27(26)29-28(33-6)30(18-22-10-14-24(31-4)15-11-22)19-23-12-16-25(32-5)17-13-23;/h7-17,20H,18-19H2,1-6H3;1H. The summed E-state index contributed by atoms with van der Waals surface area (Å²) in [4.78, 5) is 7.55. The highest BCUT2D eigenvalue weighted by Crippen LogP contribution is 2.32. The Morgan fingerprint density at radius 2 is 1.35 bits per heavy atom. The minimum Gasteiger partial charge on any atom is -0.497 e. The van der Waals surface area contributed by atoms with Gasteiger partial charge in [-0.05, 0) is 65.6 Å². The number of hydrogen-bond donors (Lipinski definition) is 0. The van der Waals surface area contributed by atoms with Gasteiger partial charge in [0, 0.05) is 13.1 Å². The van der Waals surface area contributed by atoms with Gasteiger partial charge in [0.25, 0.3) is 0 Å². The van der Waals surface area contributed by atoms with E-state index in [0.29, 0.717) is 5.92 Å². The van der Waals surface area contributed by atoms with Crippen LogP contribution in [0.25, 0.3) is 0 Å². The number of hydrogen-bond acceptors (Lipinski definition) is 4. The lowest BCUT2D eigenvalue weighted by Crippen LogP contribution is -2.28. The van der Waals surface area contributed by atoms with Crippen molar-refractivity contribution in [2.75, 3.05) is 20.5 Å². The predicted molar refractivity (Wildman–Crippen MR) is 157 cm³/mol. The molecule has 0 saturated heterocycles. The molecule has 0 atom stereocenters. The molecule has 0 aromatic heterocycles. The Morgan fingerprint density at radius 1 is 0.853 bits per heavy atom. The molecule has 182 valence electrons. The fourth-order valence-electron chi connectivity index (χ4n) is 3.74. The van der Waals surface area contributed by atoms with E-state index in [1.54, 1.807) is 26.0 Å². The molecule has 4 nitrogen and oxygen atoms in total. The van der Waals surface area contributed by atoms with E-state index in [-0.39, 0.29) is 24.0 Å². The van der Waals surface area contributed by atoms with Crippen LogP contribution in [0, 0.1) is 6.92 Å². The van der Waals surface area contributed by atoms with E-state index < -0.39 is 0 Å². The van der Waals surface area contributed by atoms with Crippen LogP contribution in [0.2, 0.25) is 0 Å². The predicted octanol–water partition coefficient (Wildman–Crippen LogP) is 7.81. The van der Waals surface area contributed by atoms with Crippen molar-refractivity contribution in [3.63, 3.8) is 0 Å². The monoisotopic (exact) mass is 590 g/mol. The number of aryl methyl sites for hydroxylation is 1. The Hall–Kier alpha value is -2.19. The molecular weight excluding hydrogens is 555 g/mol. The topological polar surface area (TPSA) is 34.1 Å². The first kappa shape index (κ1) is 28.1. The third-order valence-electron chi connectivity index (χ3n) is 5.62. The maximum Gasteiger partial charge on any atom is 0.164 e. The normalized spacial score (nSPS) is 11.2. The number of methoxy groups -OCH3 is 2. The molecule has 3 rings (SSSR count). The molecule has 0 fully saturated rings. The zero-order valence-corrected chi connectivity index (χ0v) is 24.0. The van der Waals surface area contributed by atoms with Crippen LogP contribution in [-0.4, -0.2) is 30.5 Å². The van der Waals surface area contributed by atoms with E-state index >= 15 is 0 Å². The number of ether oxygens (including phenoxy) is 2. The summed E-state index contributed by atoms with van der Waals surface area (Å²) < 4.78 is 10.7. The van der Waals surface area contributed by atoms with Crippen LogP contribution in [0.15, 0.2) is 71.7 Å². The molecule has 0 saturated carbocycles. The number of para-hydroxylation sites is 1. The molecular formula is C28H35IN2O2S. The third-order valence-corrected chi connectivity index (χ3v) is 6.33. The summed E-state index contributed by atoms with van der Waals surface area (Å²) in [5, 5.41) is 0.998. The lowest BCUT2D eigenvalue weighted by atomic mass is 9.98. The highest BCUT2D eigenvalue weighted by atomic mass is 127. The Balaban J connectivity index is 0.00000408. The van der Waals surface area contributed by atoms with Gasteiger partial charge in [-0.1, -0.05) is 68.1 Å². The van der Waals surface area contributed by atoms with E-state index in [0.717, 1.165) is 35.4 Å². The van der Waals surface area contributed by atoms with Gasteiger partial charge in [-0.15, -0.1) is 24.0 Å². The Morgan fingerprint density at radius 3 is 1.76 bits per heavy atom. The summed E-state index contributed by atoms with van der Waals surface area (Å²) in [6, 6.07) is 22.9. The smallest absolute Gasteiger partial charge is 0.164 e. The van der Waals surface area contributed by atoms with Gasteiger partial charge in [0.15, 0.2) is 5.17 Å². The van der Waals surface area contributed by atoms with Crippen molar-refractivity contribution >= 4 is 46.6 Å². The van der Waals surface area contributed by atoms with Gasteiger partial charge in [-0.25, -0.2) is 4.99 Å². The number of halogens is 1. The summed E-state index contributed by atoms with van der Waals surface area (Å²) >= 11 is 1.68. The Bertz CT molecular complexity index is 1020. The first-order valence-corrected chi connectivity index (χ1v) is 12.4. The molecule has 34 heavy (non-hydrogen) atoms. The van der Waals surface area contributed by atoms with Crippen LogP contribution < -0.4 is 9.47 Å². The third kappa shape index (κ3) is 7.40. The first-order valence-electron chi connectivity index (χ1n) is 11.2. The van der Waals surface area contributed by atoms with E-state index in [2.05, 4.69) is 74.4 Å². The molecule has 0 heterocycles. The lowest BCUT2D eigenvalue weighted by Gasteiger charge is -2.26. The molecule has 0 aliphatic carbocycles. The molecule has 0 aliphatic heterocycles. The molecule has 3 aromatic rings. The van der Waals surface area contributed by atoms with Crippen LogP contribution in [0.4, 0.5) is 5.69 Å². The zero-order valence-electron chi connectivity index (χ0n) is 20.9. The highest BCUT2D eigenvalue weighted by Gasteiger charge is 2.16. The minimum atomic E-state index is 0. The molecule has 0 spiro atoms. The second-order valence-corrected chi connectivity index (χ2v) is 9.09. The zero-order chi connectivity index (χ0) is 23.8. The maximum atomic E-state index is 5.33. The number of nitrogens with zero attached hydrogens (tertiary/aromatic N) is 2. The molecule has 3 aromatic carbocycles. The van der Waals surface area contributed by atoms with Gasteiger partial charge in [0.1, 0.15) is 11.5 Å². The van der Waals surface area contributed by atoms with E-state index in [1.165, 1.54) is 22.3 Å². The van der Waals surface area contributed by atoms with Crippen LogP contribution >= 0.6 is 35.7 Å². The molecule has 0 N–H and O–H groups in total. The average Bonchev–Trinajstić information content (AvgIpc) is 2.83. The SMILES string of the molecule is COc1ccc(CN(Cc2ccc(OC)cc2)C(=Nc2c(C)cccc2C(C)C)SC)cc1.I. The van der Waals surface area contributed by atoms with Gasteiger partial charge in [-0.2, -0.15) is 0 Å². The summed E-state index contributed by atoms with van der Waals surface area (Å²) in [5.74, 6) is 2.13. The van der Waals surface area contributed by atoms with E-state index in [4.69, 9.17) is 14.5 Å². The summed E-state index contributed by atoms with van der Waals surface area (Å²) in [5.41, 5.74) is 5.96. The largest absolute Gasteiger partial charge is 0.497 e. The number of thioether (sulfide) groups is 1. The number of aliphatic imine (C=N–C) groups is 1. The Labute approximate surface area is 225 Å². The minimum absolute atomic E-state index is 0. The second kappa shape index (κ2) is 13.6. The van der Waals surface area contributed by atoms with Crippen molar-refractivity contribution in [3.05, 3.63) is 89.0 Å². The molecule has 0 amide bonds. The fourth-order valence-corrected chi connectivity index (χ4v) is 4.31. The van der Waals surface area contributed by atoms with E-state index in [9.17, 15) is 0 Å². The molecule has 6 heteroatoms. The first-order chi connectivity index (χ1) is 15.9. The second-order valence-electron chi connectivity index (χ2n) is 8.32.